The summed E-state index contributed by atoms with van der Waals surface area (Å²) in [5.41, 5.74) is 0.0859. The highest BCUT2D eigenvalue weighted by Gasteiger charge is 2.27. The predicted molar refractivity (Wildman–Crippen MR) is 83.5 cm³/mol. The van der Waals surface area contributed by atoms with E-state index in [1.165, 1.54) is 34.7 Å². The molecule has 0 aromatic carbocycles. The van der Waals surface area contributed by atoms with E-state index >= 15 is 0 Å². The van der Waals surface area contributed by atoms with Crippen LogP contribution in [0.15, 0.2) is 23.1 Å². The smallest absolute Gasteiger partial charge is 0.345 e. The lowest BCUT2D eigenvalue weighted by atomic mass is 9.98. The first kappa shape index (κ1) is 15.9. The van der Waals surface area contributed by atoms with Crippen molar-refractivity contribution in [2.45, 2.75) is 19.4 Å². The average molecular weight is 331 g/mol. The predicted octanol–water partition coefficient (Wildman–Crippen LogP) is -0.0355. The van der Waals surface area contributed by atoms with Crippen molar-refractivity contribution in [2.75, 3.05) is 12.4 Å². The van der Waals surface area contributed by atoms with Crippen LogP contribution in [0.2, 0.25) is 0 Å². The van der Waals surface area contributed by atoms with Crippen LogP contribution in [0.3, 0.4) is 0 Å². The average Bonchev–Trinajstić information content (AvgIpc) is 2.88. The fourth-order valence-corrected chi connectivity index (χ4v) is 2.69. The molecule has 0 saturated carbocycles. The van der Waals surface area contributed by atoms with Gasteiger partial charge in [0.2, 0.25) is 5.91 Å². The van der Waals surface area contributed by atoms with Gasteiger partial charge in [0.05, 0.1) is 18.6 Å². The Morgan fingerprint density at radius 1 is 1.38 bits per heavy atom. The molecule has 24 heavy (non-hydrogen) atoms. The van der Waals surface area contributed by atoms with Gasteiger partial charge in [0.1, 0.15) is 11.6 Å². The van der Waals surface area contributed by atoms with Crippen molar-refractivity contribution in [1.82, 2.24) is 19.3 Å². The van der Waals surface area contributed by atoms with Gasteiger partial charge in [-0.15, -0.1) is 0 Å². The van der Waals surface area contributed by atoms with Gasteiger partial charge >= 0.3 is 11.7 Å². The minimum atomic E-state index is -0.490. The first-order chi connectivity index (χ1) is 11.5. The summed E-state index contributed by atoms with van der Waals surface area (Å²) in [6.45, 7) is 0.300. The molecule has 1 N–H and O–H groups in total. The van der Waals surface area contributed by atoms with Gasteiger partial charge < -0.3 is 10.1 Å². The van der Waals surface area contributed by atoms with E-state index in [1.807, 2.05) is 0 Å². The van der Waals surface area contributed by atoms with E-state index in [9.17, 15) is 14.4 Å². The Hall–Kier alpha value is -2.97. The molecule has 1 atom stereocenters. The number of esters is 1. The van der Waals surface area contributed by atoms with Crippen molar-refractivity contribution in [1.29, 1.82) is 0 Å². The van der Waals surface area contributed by atoms with E-state index in [2.05, 4.69) is 20.1 Å². The Bertz CT molecular complexity index is 837. The Labute approximate surface area is 137 Å². The van der Waals surface area contributed by atoms with Gasteiger partial charge in [-0.3, -0.25) is 9.36 Å². The van der Waals surface area contributed by atoms with Gasteiger partial charge in [-0.2, -0.15) is 5.10 Å². The Balaban J connectivity index is 1.68. The number of amides is 1. The molecule has 0 aliphatic carbocycles. The molecule has 0 bridgehead atoms. The first-order valence-corrected chi connectivity index (χ1v) is 7.47. The zero-order valence-corrected chi connectivity index (χ0v) is 13.4. The number of hydrogen-bond donors (Lipinski definition) is 1. The molecule has 9 nitrogen and oxygen atoms in total. The van der Waals surface area contributed by atoms with E-state index < -0.39 is 5.97 Å². The van der Waals surface area contributed by atoms with Gasteiger partial charge in [-0.25, -0.2) is 19.3 Å². The van der Waals surface area contributed by atoms with Crippen LogP contribution >= 0.6 is 0 Å². The number of anilines is 1. The zero-order valence-electron chi connectivity index (χ0n) is 13.4. The lowest BCUT2D eigenvalue weighted by molar-refractivity contribution is -0.120. The Morgan fingerprint density at radius 2 is 2.17 bits per heavy atom. The molecule has 0 spiro atoms. The zero-order chi connectivity index (χ0) is 17.3. The number of aromatic nitrogens is 4. The number of hydrogen-bond acceptors (Lipinski definition) is 6. The summed E-state index contributed by atoms with van der Waals surface area (Å²) in [7, 11) is 2.88. The SMILES string of the molecule is COC(=O)c1ccc(NC(=O)C2CCc3nn(C)c(=O)n3C2)nc1. The molecule has 1 aliphatic rings. The number of carbonyl (C=O) groups excluding carboxylic acids is 2. The summed E-state index contributed by atoms with van der Waals surface area (Å²) >= 11 is 0. The summed E-state index contributed by atoms with van der Waals surface area (Å²) in [4.78, 5) is 39.7. The van der Waals surface area contributed by atoms with Crippen LogP contribution in [-0.4, -0.2) is 38.3 Å². The van der Waals surface area contributed by atoms with Crippen LogP contribution in [0.1, 0.15) is 22.6 Å². The van der Waals surface area contributed by atoms with Crippen LogP contribution in [0.4, 0.5) is 5.82 Å². The molecule has 2 aromatic rings. The number of fused-ring (bicyclic) bond motifs is 1. The third-order valence-electron chi connectivity index (χ3n) is 4.01. The number of nitrogens with one attached hydrogen (secondary N) is 1. The van der Waals surface area contributed by atoms with Crippen molar-refractivity contribution >= 4 is 17.7 Å². The van der Waals surface area contributed by atoms with Crippen LogP contribution < -0.4 is 11.0 Å². The highest BCUT2D eigenvalue weighted by Crippen LogP contribution is 2.18. The van der Waals surface area contributed by atoms with Crippen molar-refractivity contribution < 1.29 is 14.3 Å². The number of nitrogens with zero attached hydrogens (tertiary/aromatic N) is 4. The molecule has 9 heteroatoms. The van der Waals surface area contributed by atoms with Gasteiger partial charge in [0.15, 0.2) is 0 Å². The van der Waals surface area contributed by atoms with Crippen molar-refractivity contribution in [3.05, 3.63) is 40.2 Å². The summed E-state index contributed by atoms with van der Waals surface area (Å²) in [5, 5.41) is 6.85. The van der Waals surface area contributed by atoms with E-state index in [0.29, 0.717) is 36.6 Å². The van der Waals surface area contributed by atoms with Crippen molar-refractivity contribution in [2.24, 2.45) is 13.0 Å². The Kier molecular flexibility index (Phi) is 4.15. The fraction of sp³-hybridized carbons (Fsp3) is 0.400. The van der Waals surface area contributed by atoms with Crippen LogP contribution in [0.25, 0.3) is 0 Å². The van der Waals surface area contributed by atoms with Gasteiger partial charge in [0, 0.05) is 26.2 Å². The van der Waals surface area contributed by atoms with E-state index in [0.717, 1.165) is 0 Å². The molecule has 126 valence electrons. The normalized spacial score (nSPS) is 16.3. The maximum absolute atomic E-state index is 12.4. The van der Waals surface area contributed by atoms with E-state index in [1.54, 1.807) is 7.05 Å². The lowest BCUT2D eigenvalue weighted by Gasteiger charge is -2.21. The molecule has 3 heterocycles. The monoisotopic (exact) mass is 331 g/mol. The summed E-state index contributed by atoms with van der Waals surface area (Å²) in [6, 6.07) is 3.06. The molecule has 3 rings (SSSR count). The first-order valence-electron chi connectivity index (χ1n) is 7.47. The maximum atomic E-state index is 12.4. The number of ether oxygens (including phenoxy) is 1. The topological polar surface area (TPSA) is 108 Å². The molecular formula is C15H17N5O4. The van der Waals surface area contributed by atoms with E-state index in [4.69, 9.17) is 0 Å². The largest absolute Gasteiger partial charge is 0.465 e. The molecule has 1 unspecified atom stereocenters. The molecule has 0 radical (unpaired) electrons. The van der Waals surface area contributed by atoms with Crippen LogP contribution in [-0.2, 0) is 29.5 Å². The molecule has 1 aliphatic heterocycles. The van der Waals surface area contributed by atoms with Gasteiger partial charge in [0.25, 0.3) is 0 Å². The molecule has 2 aromatic heterocycles. The summed E-state index contributed by atoms with van der Waals surface area (Å²) < 4.78 is 7.40. The number of rotatable bonds is 3. The van der Waals surface area contributed by atoms with Crippen molar-refractivity contribution in [3.63, 3.8) is 0 Å². The number of methoxy groups -OCH3 is 1. The fourth-order valence-electron chi connectivity index (χ4n) is 2.69. The van der Waals surface area contributed by atoms with Crippen molar-refractivity contribution in [3.8, 4) is 0 Å². The molecule has 0 saturated heterocycles. The van der Waals surface area contributed by atoms with E-state index in [-0.39, 0.29) is 17.5 Å². The second-order valence-electron chi connectivity index (χ2n) is 5.58. The summed E-state index contributed by atoms with van der Waals surface area (Å²) in [5.74, 6) is 0.0106. The third-order valence-corrected chi connectivity index (χ3v) is 4.01. The second kappa shape index (κ2) is 6.26. The number of carbonyl (C=O) groups is 2. The minimum Gasteiger partial charge on any atom is -0.465 e. The van der Waals surface area contributed by atoms with Gasteiger partial charge in [-0.05, 0) is 18.6 Å². The number of pyridine rings is 1. The van der Waals surface area contributed by atoms with Crippen LogP contribution in [0, 0.1) is 5.92 Å². The quantitative estimate of drug-likeness (QED) is 0.791. The third kappa shape index (κ3) is 2.92. The highest BCUT2D eigenvalue weighted by atomic mass is 16.5. The molecular weight excluding hydrogens is 314 g/mol. The van der Waals surface area contributed by atoms with Gasteiger partial charge in [-0.1, -0.05) is 0 Å². The molecule has 1 amide bonds. The maximum Gasteiger partial charge on any atom is 0.345 e. The summed E-state index contributed by atoms with van der Waals surface area (Å²) in [6.07, 6.45) is 2.53. The molecule has 0 fully saturated rings. The number of aryl methyl sites for hydroxylation is 2. The highest BCUT2D eigenvalue weighted by molar-refractivity contribution is 5.93. The lowest BCUT2D eigenvalue weighted by Crippen LogP contribution is -2.35. The standard InChI is InChI=1S/C15H17N5O4/c1-19-15(23)20-8-10(4-6-12(20)18-19)13(21)17-11-5-3-9(7-16-11)14(22)24-2/h3,5,7,10H,4,6,8H2,1-2H3,(H,16,17,21). The second-order valence-corrected chi connectivity index (χ2v) is 5.58. The minimum absolute atomic E-state index is 0.213. The Morgan fingerprint density at radius 3 is 2.83 bits per heavy atom. The van der Waals surface area contributed by atoms with Crippen LogP contribution in [0.5, 0.6) is 0 Å².